The molecule has 0 spiro atoms. The van der Waals surface area contributed by atoms with Gasteiger partial charge in [-0.1, -0.05) is 6.58 Å². The quantitative estimate of drug-likeness (QED) is 0.322. The summed E-state index contributed by atoms with van der Waals surface area (Å²) in [5.41, 5.74) is 0.465. The van der Waals surface area contributed by atoms with E-state index in [-0.39, 0.29) is 18.4 Å². The number of carbonyl (C=O) groups is 1. The first-order valence-electron chi connectivity index (χ1n) is 5.11. The first-order chi connectivity index (χ1) is 6.45. The predicted molar refractivity (Wildman–Crippen MR) is 57.9 cm³/mol. The monoisotopic (exact) mass is 235 g/mol. The van der Waals surface area contributed by atoms with Gasteiger partial charge in [0.25, 0.3) is 0 Å². The number of quaternary nitrogens is 1. The van der Waals surface area contributed by atoms with E-state index in [1.807, 2.05) is 0 Å². The minimum absolute atomic E-state index is 0. The Balaban J connectivity index is 0. The van der Waals surface area contributed by atoms with Crippen LogP contribution in [0.1, 0.15) is 20.8 Å². The molecule has 0 aliphatic carbocycles. The van der Waals surface area contributed by atoms with Gasteiger partial charge in [-0.15, -0.1) is 0 Å². The summed E-state index contributed by atoms with van der Waals surface area (Å²) in [5.74, 6) is -0.288. The average Bonchev–Trinajstić information content (AvgIpc) is 2.17. The Bertz CT molecular complexity index is 213. The van der Waals surface area contributed by atoms with Gasteiger partial charge >= 0.3 is 5.97 Å². The van der Waals surface area contributed by atoms with E-state index < -0.39 is 0 Å². The summed E-state index contributed by atoms with van der Waals surface area (Å²) in [6.07, 6.45) is 0. The SMILES string of the molecule is C=C(C)C(=O)OCC[N+](C)(CC)CC.[Cl-]. The smallest absolute Gasteiger partial charge is 0.333 e. The summed E-state index contributed by atoms with van der Waals surface area (Å²) in [6, 6.07) is 0. The molecule has 0 aromatic heterocycles. The van der Waals surface area contributed by atoms with Crippen molar-refractivity contribution in [3.63, 3.8) is 0 Å². The molecule has 90 valence electrons. The van der Waals surface area contributed by atoms with Crippen molar-refractivity contribution in [3.05, 3.63) is 12.2 Å². The fourth-order valence-electron chi connectivity index (χ4n) is 1.02. The molecule has 0 heterocycles. The van der Waals surface area contributed by atoms with E-state index in [1.165, 1.54) is 0 Å². The number of carbonyl (C=O) groups excluding carboxylic acids is 1. The van der Waals surface area contributed by atoms with E-state index in [9.17, 15) is 4.79 Å². The summed E-state index contributed by atoms with van der Waals surface area (Å²) >= 11 is 0. The molecule has 15 heavy (non-hydrogen) atoms. The van der Waals surface area contributed by atoms with Crippen LogP contribution in [0.4, 0.5) is 0 Å². The fraction of sp³-hybridized carbons (Fsp3) is 0.727. The Morgan fingerprint density at radius 2 is 1.80 bits per heavy atom. The summed E-state index contributed by atoms with van der Waals surface area (Å²) in [5, 5.41) is 0. The van der Waals surface area contributed by atoms with Crippen molar-refractivity contribution in [2.45, 2.75) is 20.8 Å². The van der Waals surface area contributed by atoms with E-state index in [0.29, 0.717) is 12.2 Å². The van der Waals surface area contributed by atoms with Crippen LogP contribution in [0.3, 0.4) is 0 Å². The zero-order valence-electron chi connectivity index (χ0n) is 10.2. The van der Waals surface area contributed by atoms with Crippen molar-refractivity contribution < 1.29 is 26.4 Å². The van der Waals surface area contributed by atoms with Crippen LogP contribution in [-0.4, -0.2) is 43.7 Å². The number of nitrogens with zero attached hydrogens (tertiary/aromatic N) is 1. The minimum atomic E-state index is -0.288. The second-order valence-corrected chi connectivity index (χ2v) is 3.89. The molecule has 0 N–H and O–H groups in total. The van der Waals surface area contributed by atoms with Gasteiger partial charge < -0.3 is 21.6 Å². The van der Waals surface area contributed by atoms with E-state index >= 15 is 0 Å². The minimum Gasteiger partial charge on any atom is -1.00 e. The second kappa shape index (κ2) is 7.71. The molecule has 4 heteroatoms. The highest BCUT2D eigenvalue weighted by atomic mass is 35.5. The van der Waals surface area contributed by atoms with Crippen molar-refractivity contribution in [3.8, 4) is 0 Å². The zero-order valence-corrected chi connectivity index (χ0v) is 10.9. The molecule has 0 aromatic carbocycles. The van der Waals surface area contributed by atoms with Crippen LogP contribution in [0, 0.1) is 0 Å². The van der Waals surface area contributed by atoms with Gasteiger partial charge in [0.2, 0.25) is 0 Å². The highest BCUT2D eigenvalue weighted by Crippen LogP contribution is 2.01. The Morgan fingerprint density at radius 3 is 2.13 bits per heavy atom. The van der Waals surface area contributed by atoms with Gasteiger partial charge in [-0.3, -0.25) is 0 Å². The van der Waals surface area contributed by atoms with Crippen molar-refractivity contribution >= 4 is 5.97 Å². The third kappa shape index (κ3) is 6.52. The zero-order chi connectivity index (χ0) is 11.2. The van der Waals surface area contributed by atoms with E-state index in [4.69, 9.17) is 4.74 Å². The maximum absolute atomic E-state index is 11.1. The summed E-state index contributed by atoms with van der Waals surface area (Å²) in [4.78, 5) is 11.1. The lowest BCUT2D eigenvalue weighted by atomic mass is 10.3. The summed E-state index contributed by atoms with van der Waals surface area (Å²) in [6.45, 7) is 12.9. The maximum Gasteiger partial charge on any atom is 0.333 e. The van der Waals surface area contributed by atoms with E-state index in [1.54, 1.807) is 6.92 Å². The largest absolute Gasteiger partial charge is 1.00 e. The molecule has 0 atom stereocenters. The first-order valence-corrected chi connectivity index (χ1v) is 5.11. The summed E-state index contributed by atoms with van der Waals surface area (Å²) < 4.78 is 5.98. The van der Waals surface area contributed by atoms with E-state index in [0.717, 1.165) is 24.1 Å². The number of likely N-dealkylation sites (N-methyl/N-ethyl adjacent to an activating group) is 1. The lowest BCUT2D eigenvalue weighted by Gasteiger charge is -2.31. The molecular weight excluding hydrogens is 214 g/mol. The second-order valence-electron chi connectivity index (χ2n) is 3.89. The lowest BCUT2D eigenvalue weighted by molar-refractivity contribution is -0.906. The van der Waals surface area contributed by atoms with Crippen LogP contribution in [0.25, 0.3) is 0 Å². The van der Waals surface area contributed by atoms with Crippen molar-refractivity contribution in [1.29, 1.82) is 0 Å². The van der Waals surface area contributed by atoms with Gasteiger partial charge in [0.05, 0.1) is 20.1 Å². The fourth-order valence-corrected chi connectivity index (χ4v) is 1.02. The molecule has 0 bridgehead atoms. The Hall–Kier alpha value is -0.540. The Morgan fingerprint density at radius 1 is 1.33 bits per heavy atom. The molecule has 0 radical (unpaired) electrons. The molecular formula is C11H22ClNO2. The topological polar surface area (TPSA) is 26.3 Å². The molecule has 0 rings (SSSR count). The Labute approximate surface area is 99.1 Å². The molecule has 3 nitrogen and oxygen atoms in total. The van der Waals surface area contributed by atoms with Crippen molar-refractivity contribution in [2.24, 2.45) is 0 Å². The Kier molecular flexibility index (Phi) is 8.68. The molecule has 0 saturated heterocycles. The molecule has 0 fully saturated rings. The van der Waals surface area contributed by atoms with Crippen LogP contribution < -0.4 is 12.4 Å². The average molecular weight is 236 g/mol. The van der Waals surface area contributed by atoms with Gasteiger partial charge in [0.15, 0.2) is 0 Å². The third-order valence-electron chi connectivity index (χ3n) is 2.74. The van der Waals surface area contributed by atoms with Crippen LogP contribution in [-0.2, 0) is 9.53 Å². The number of esters is 1. The van der Waals surface area contributed by atoms with Gasteiger partial charge in [-0.2, -0.15) is 0 Å². The van der Waals surface area contributed by atoms with Crippen molar-refractivity contribution in [1.82, 2.24) is 0 Å². The van der Waals surface area contributed by atoms with Crippen LogP contribution in [0.5, 0.6) is 0 Å². The first kappa shape index (κ1) is 16.9. The number of hydrogen-bond acceptors (Lipinski definition) is 2. The number of ether oxygens (including phenoxy) is 1. The molecule has 0 unspecified atom stereocenters. The molecule has 0 aliphatic heterocycles. The van der Waals surface area contributed by atoms with Gasteiger partial charge in [-0.25, -0.2) is 4.79 Å². The predicted octanol–water partition coefficient (Wildman–Crippen LogP) is -1.40. The third-order valence-corrected chi connectivity index (χ3v) is 2.74. The molecule has 0 saturated carbocycles. The van der Waals surface area contributed by atoms with Gasteiger partial charge in [-0.05, 0) is 20.8 Å². The molecule has 0 aromatic rings. The van der Waals surface area contributed by atoms with Gasteiger partial charge in [0.1, 0.15) is 13.2 Å². The number of rotatable bonds is 6. The molecule has 0 aliphatic rings. The number of hydrogen-bond donors (Lipinski definition) is 0. The standard InChI is InChI=1S/C11H22NO2.ClH/c1-6-12(5,7-2)8-9-14-11(13)10(3)4;/h3,6-9H2,1-2,4-5H3;1H/q+1;/p-1. The van der Waals surface area contributed by atoms with Crippen LogP contribution in [0.15, 0.2) is 12.2 Å². The maximum atomic E-state index is 11.1. The van der Waals surface area contributed by atoms with Crippen LogP contribution >= 0.6 is 0 Å². The number of halogens is 1. The van der Waals surface area contributed by atoms with Crippen molar-refractivity contribution in [2.75, 3.05) is 33.3 Å². The van der Waals surface area contributed by atoms with Crippen LogP contribution in [0.2, 0.25) is 0 Å². The lowest BCUT2D eigenvalue weighted by Crippen LogP contribution is -3.00. The van der Waals surface area contributed by atoms with E-state index in [2.05, 4.69) is 27.5 Å². The normalized spacial score (nSPS) is 10.4. The molecule has 0 amide bonds. The highest BCUT2D eigenvalue weighted by Gasteiger charge is 2.16. The summed E-state index contributed by atoms with van der Waals surface area (Å²) in [7, 11) is 2.16. The van der Waals surface area contributed by atoms with Gasteiger partial charge in [0, 0.05) is 5.57 Å². The highest BCUT2D eigenvalue weighted by molar-refractivity contribution is 5.86.